The number of benzene rings is 1. The third-order valence-electron chi connectivity index (χ3n) is 4.17. The van der Waals surface area contributed by atoms with Crippen molar-refractivity contribution in [3.05, 3.63) is 59.9 Å². The maximum absolute atomic E-state index is 12.2. The zero-order chi connectivity index (χ0) is 19.2. The normalized spacial score (nSPS) is 16.2. The number of nitrogens with zero attached hydrogens (tertiary/aromatic N) is 2. The van der Waals surface area contributed by atoms with Crippen molar-refractivity contribution in [1.82, 2.24) is 15.2 Å². The number of carboxylic acids is 1. The molecule has 1 aliphatic heterocycles. The van der Waals surface area contributed by atoms with E-state index in [4.69, 9.17) is 9.84 Å². The lowest BCUT2D eigenvalue weighted by molar-refractivity contribution is -0.128. The molecule has 0 saturated carbocycles. The molecule has 0 spiro atoms. The van der Waals surface area contributed by atoms with Crippen LogP contribution in [-0.4, -0.2) is 58.5 Å². The number of carbonyl (C=O) groups excluding carboxylic acids is 2. The van der Waals surface area contributed by atoms with E-state index in [0.717, 1.165) is 5.75 Å². The Morgan fingerprint density at radius 2 is 2.00 bits per heavy atom. The Labute approximate surface area is 155 Å². The van der Waals surface area contributed by atoms with Crippen molar-refractivity contribution in [2.75, 3.05) is 19.7 Å². The van der Waals surface area contributed by atoms with Crippen LogP contribution in [0.2, 0.25) is 0 Å². The quantitative estimate of drug-likeness (QED) is 0.759. The number of likely N-dealkylation sites (tertiary alicyclic amines) is 1. The van der Waals surface area contributed by atoms with Gasteiger partial charge in [-0.3, -0.25) is 9.59 Å². The topological polar surface area (TPSA) is 109 Å². The number of aromatic nitrogens is 1. The number of para-hydroxylation sites is 1. The Balaban J connectivity index is 1.48. The van der Waals surface area contributed by atoms with Crippen molar-refractivity contribution in [3.8, 4) is 5.75 Å². The van der Waals surface area contributed by atoms with E-state index in [1.165, 1.54) is 18.3 Å². The van der Waals surface area contributed by atoms with Crippen LogP contribution in [0.25, 0.3) is 0 Å². The van der Waals surface area contributed by atoms with Crippen LogP contribution in [0.3, 0.4) is 0 Å². The van der Waals surface area contributed by atoms with E-state index in [1.807, 2.05) is 30.3 Å². The smallest absolute Gasteiger partial charge is 0.354 e. The summed E-state index contributed by atoms with van der Waals surface area (Å²) in [4.78, 5) is 40.5. The minimum absolute atomic E-state index is 0.0451. The molecule has 1 aromatic heterocycles. The molecular formula is C19H19N3O5. The van der Waals surface area contributed by atoms with Crippen LogP contribution in [0.4, 0.5) is 0 Å². The number of amides is 2. The summed E-state index contributed by atoms with van der Waals surface area (Å²) in [6.07, 6.45) is 1.43. The van der Waals surface area contributed by atoms with Gasteiger partial charge in [-0.1, -0.05) is 18.2 Å². The van der Waals surface area contributed by atoms with Gasteiger partial charge in [-0.2, -0.15) is 0 Å². The van der Waals surface area contributed by atoms with Crippen LogP contribution in [-0.2, 0) is 4.79 Å². The average Bonchev–Trinajstić information content (AvgIpc) is 3.01. The monoisotopic (exact) mass is 369 g/mol. The van der Waals surface area contributed by atoms with Gasteiger partial charge in [0.05, 0.1) is 18.2 Å². The highest BCUT2D eigenvalue weighted by Gasteiger charge is 2.30. The molecule has 1 saturated heterocycles. The highest BCUT2D eigenvalue weighted by atomic mass is 16.5. The molecule has 1 unspecified atom stereocenters. The number of pyridine rings is 1. The summed E-state index contributed by atoms with van der Waals surface area (Å²) >= 11 is 0. The molecule has 1 atom stereocenters. The molecule has 1 fully saturated rings. The third kappa shape index (κ3) is 4.81. The van der Waals surface area contributed by atoms with E-state index < -0.39 is 5.97 Å². The fourth-order valence-electron chi connectivity index (χ4n) is 2.80. The molecule has 8 heteroatoms. The van der Waals surface area contributed by atoms with Crippen LogP contribution in [0.1, 0.15) is 27.3 Å². The summed E-state index contributed by atoms with van der Waals surface area (Å²) in [7, 11) is 0. The lowest BCUT2D eigenvalue weighted by atomic mass is 10.2. The van der Waals surface area contributed by atoms with Crippen molar-refractivity contribution in [1.29, 1.82) is 0 Å². The first-order valence-electron chi connectivity index (χ1n) is 8.49. The van der Waals surface area contributed by atoms with Crippen LogP contribution in [0, 0.1) is 0 Å². The van der Waals surface area contributed by atoms with E-state index in [2.05, 4.69) is 10.3 Å². The molecule has 3 rings (SSSR count). The van der Waals surface area contributed by atoms with Gasteiger partial charge in [-0.25, -0.2) is 9.78 Å². The lowest BCUT2D eigenvalue weighted by Gasteiger charge is -2.17. The van der Waals surface area contributed by atoms with Crippen LogP contribution in [0.5, 0.6) is 5.75 Å². The Morgan fingerprint density at radius 3 is 2.67 bits per heavy atom. The first-order chi connectivity index (χ1) is 13.0. The van der Waals surface area contributed by atoms with E-state index in [0.29, 0.717) is 19.7 Å². The molecule has 27 heavy (non-hydrogen) atoms. The van der Waals surface area contributed by atoms with Gasteiger partial charge in [-0.15, -0.1) is 0 Å². The van der Waals surface area contributed by atoms with Gasteiger partial charge in [0, 0.05) is 19.2 Å². The number of rotatable bonds is 7. The number of ether oxygens (including phenoxy) is 1. The zero-order valence-electron chi connectivity index (χ0n) is 14.5. The maximum atomic E-state index is 12.2. The van der Waals surface area contributed by atoms with Crippen LogP contribution < -0.4 is 10.1 Å². The molecule has 2 amide bonds. The molecule has 1 aromatic carbocycles. The molecule has 140 valence electrons. The highest BCUT2D eigenvalue weighted by molar-refractivity contribution is 5.95. The minimum Gasteiger partial charge on any atom is -0.492 e. The summed E-state index contributed by atoms with van der Waals surface area (Å²) < 4.78 is 5.59. The zero-order valence-corrected chi connectivity index (χ0v) is 14.5. The largest absolute Gasteiger partial charge is 0.492 e. The van der Waals surface area contributed by atoms with Gasteiger partial charge in [0.2, 0.25) is 5.91 Å². The number of carbonyl (C=O) groups is 3. The van der Waals surface area contributed by atoms with E-state index in [-0.39, 0.29) is 35.5 Å². The number of carboxylic acid groups (broad SMARTS) is 1. The predicted molar refractivity (Wildman–Crippen MR) is 95.6 cm³/mol. The van der Waals surface area contributed by atoms with Gasteiger partial charge in [-0.05, 0) is 24.3 Å². The first kappa shape index (κ1) is 18.4. The van der Waals surface area contributed by atoms with Crippen LogP contribution >= 0.6 is 0 Å². The average molecular weight is 369 g/mol. The van der Waals surface area contributed by atoms with Crippen molar-refractivity contribution < 1.29 is 24.2 Å². The summed E-state index contributed by atoms with van der Waals surface area (Å²) in [6, 6.07) is 11.7. The number of hydrogen-bond acceptors (Lipinski definition) is 5. The second-order valence-electron chi connectivity index (χ2n) is 6.11. The molecule has 1 aliphatic rings. The summed E-state index contributed by atoms with van der Waals surface area (Å²) in [5, 5.41) is 11.6. The van der Waals surface area contributed by atoms with Crippen LogP contribution in [0.15, 0.2) is 48.7 Å². The molecule has 8 nitrogen and oxygen atoms in total. The SMILES string of the molecule is O=C(NC1CC(=O)N(CCOc2ccccc2)C1)c1ccc(C(=O)O)nc1. The van der Waals surface area contributed by atoms with E-state index in [9.17, 15) is 14.4 Å². The Morgan fingerprint density at radius 1 is 1.22 bits per heavy atom. The number of hydrogen-bond donors (Lipinski definition) is 2. The second kappa shape index (κ2) is 8.31. The molecular weight excluding hydrogens is 350 g/mol. The van der Waals surface area contributed by atoms with Crippen molar-refractivity contribution in [2.24, 2.45) is 0 Å². The van der Waals surface area contributed by atoms with Crippen molar-refractivity contribution in [3.63, 3.8) is 0 Å². The maximum Gasteiger partial charge on any atom is 0.354 e. The summed E-state index contributed by atoms with van der Waals surface area (Å²) in [6.45, 7) is 1.22. The minimum atomic E-state index is -1.16. The Bertz CT molecular complexity index is 823. The highest BCUT2D eigenvalue weighted by Crippen LogP contribution is 2.13. The molecule has 0 radical (unpaired) electrons. The Hall–Kier alpha value is -3.42. The van der Waals surface area contributed by atoms with Gasteiger partial charge in [0.25, 0.3) is 5.91 Å². The second-order valence-corrected chi connectivity index (χ2v) is 6.11. The van der Waals surface area contributed by atoms with Gasteiger partial charge in [0.15, 0.2) is 0 Å². The fraction of sp³-hybridized carbons (Fsp3) is 0.263. The van der Waals surface area contributed by atoms with Crippen molar-refractivity contribution >= 4 is 17.8 Å². The Kier molecular flexibility index (Phi) is 5.65. The van der Waals surface area contributed by atoms with E-state index >= 15 is 0 Å². The predicted octanol–water partition coefficient (Wildman–Crippen LogP) is 1.19. The first-order valence-corrected chi connectivity index (χ1v) is 8.49. The van der Waals surface area contributed by atoms with Gasteiger partial charge in [0.1, 0.15) is 18.1 Å². The number of nitrogens with one attached hydrogen (secondary N) is 1. The molecule has 0 bridgehead atoms. The molecule has 2 N–H and O–H groups in total. The number of aromatic carboxylic acids is 1. The van der Waals surface area contributed by atoms with E-state index in [1.54, 1.807) is 4.90 Å². The summed E-state index contributed by atoms with van der Waals surface area (Å²) in [5.41, 5.74) is 0.116. The molecule has 0 aliphatic carbocycles. The standard InChI is InChI=1S/C19H19N3O5/c23-17-10-14(12-22(17)8-9-27-15-4-2-1-3-5-15)21-18(24)13-6-7-16(19(25)26)20-11-13/h1-7,11,14H,8-10,12H2,(H,21,24)(H,25,26). The summed E-state index contributed by atoms with van der Waals surface area (Å²) in [5.74, 6) is -0.848. The van der Waals surface area contributed by atoms with Gasteiger partial charge < -0.3 is 20.1 Å². The van der Waals surface area contributed by atoms with Gasteiger partial charge >= 0.3 is 5.97 Å². The lowest BCUT2D eigenvalue weighted by Crippen LogP contribution is -2.38. The molecule has 2 heterocycles. The fourth-order valence-corrected chi connectivity index (χ4v) is 2.80. The van der Waals surface area contributed by atoms with Crippen molar-refractivity contribution in [2.45, 2.75) is 12.5 Å². The third-order valence-corrected chi connectivity index (χ3v) is 4.17. The molecule has 2 aromatic rings.